The first-order chi connectivity index (χ1) is 6.04. The van der Waals surface area contributed by atoms with E-state index in [1.54, 1.807) is 0 Å². The first-order valence-corrected chi connectivity index (χ1v) is 5.28. The van der Waals surface area contributed by atoms with Gasteiger partial charge in [0, 0.05) is 0 Å². The van der Waals surface area contributed by atoms with Crippen LogP contribution < -0.4 is 29.6 Å². The summed E-state index contributed by atoms with van der Waals surface area (Å²) in [5.74, 6) is -2.75. The zero-order chi connectivity index (χ0) is 10.0. The SMILES string of the molecule is O.O.O.O=C(O)C1[O][Sb][O]C(C(=O)O)C1O.[Na+]. The molecule has 0 aromatic rings. The van der Waals surface area contributed by atoms with Gasteiger partial charge in [0.1, 0.15) is 0 Å². The van der Waals surface area contributed by atoms with Crippen LogP contribution >= 0.6 is 0 Å². The molecule has 0 saturated carbocycles. The van der Waals surface area contributed by atoms with Crippen molar-refractivity contribution in [3.8, 4) is 0 Å². The van der Waals surface area contributed by atoms with Gasteiger partial charge in [-0.25, -0.2) is 0 Å². The molecule has 1 heterocycles. The van der Waals surface area contributed by atoms with Crippen LogP contribution in [0.2, 0.25) is 0 Å². The standard InChI is InChI=1S/C5H6O7.Na.3H2O.Sb/c6-1(2(7)4(9)10)3(8)5(11)12;;;;;/h1-3,6H,(H,9,10)(H,11,12);;3*1H2;/q-2;+1;;;;+2. The van der Waals surface area contributed by atoms with Crippen molar-refractivity contribution in [2.75, 3.05) is 0 Å². The van der Waals surface area contributed by atoms with Gasteiger partial charge in [-0.05, 0) is 0 Å². The summed E-state index contributed by atoms with van der Waals surface area (Å²) in [6.45, 7) is 0. The van der Waals surface area contributed by atoms with E-state index in [0.29, 0.717) is 0 Å². The minimum absolute atomic E-state index is 0. The van der Waals surface area contributed by atoms with Gasteiger partial charge >= 0.3 is 113 Å². The third kappa shape index (κ3) is 6.87. The monoisotopic (exact) mass is 376 g/mol. The molecule has 17 heavy (non-hydrogen) atoms. The second-order valence-electron chi connectivity index (χ2n) is 2.29. The molecule has 0 aliphatic carbocycles. The van der Waals surface area contributed by atoms with Gasteiger partial charge in [-0.15, -0.1) is 0 Å². The molecule has 12 heteroatoms. The summed E-state index contributed by atoms with van der Waals surface area (Å²) in [7, 11) is 0. The van der Waals surface area contributed by atoms with Gasteiger partial charge in [-0.1, -0.05) is 0 Å². The Morgan fingerprint density at radius 2 is 1.24 bits per heavy atom. The average molecular weight is 377 g/mol. The number of hydrogen-bond donors (Lipinski definition) is 3. The van der Waals surface area contributed by atoms with Crippen molar-refractivity contribution in [3.63, 3.8) is 0 Å². The predicted molar refractivity (Wildman–Crippen MR) is 47.6 cm³/mol. The summed E-state index contributed by atoms with van der Waals surface area (Å²) in [5.41, 5.74) is 0. The van der Waals surface area contributed by atoms with E-state index in [1.807, 2.05) is 0 Å². The quantitative estimate of drug-likeness (QED) is 0.396. The first kappa shape index (κ1) is 26.2. The molecule has 9 N–H and O–H groups in total. The van der Waals surface area contributed by atoms with Crippen LogP contribution in [0.25, 0.3) is 0 Å². The largest absolute Gasteiger partial charge is 1.00 e. The van der Waals surface area contributed by atoms with Crippen molar-refractivity contribution in [1.29, 1.82) is 0 Å². The predicted octanol–water partition coefficient (Wildman–Crippen LogP) is -7.64. The van der Waals surface area contributed by atoms with Crippen molar-refractivity contribution in [1.82, 2.24) is 0 Å². The normalized spacial score (nSPS) is 26.1. The molecule has 1 radical (unpaired) electrons. The number of carboxylic acids is 2. The van der Waals surface area contributed by atoms with Gasteiger partial charge in [-0.3, -0.25) is 0 Å². The van der Waals surface area contributed by atoms with Gasteiger partial charge in [0.2, 0.25) is 0 Å². The number of hydrogen-bond acceptors (Lipinski definition) is 5. The Morgan fingerprint density at radius 3 is 1.47 bits per heavy atom. The first-order valence-electron chi connectivity index (χ1n) is 3.19. The summed E-state index contributed by atoms with van der Waals surface area (Å²) in [6, 6.07) is 0. The van der Waals surface area contributed by atoms with E-state index < -0.39 is 52.7 Å². The maximum absolute atomic E-state index is 10.4. The number of rotatable bonds is 2. The van der Waals surface area contributed by atoms with Crippen molar-refractivity contribution in [2.45, 2.75) is 18.3 Å². The number of carboxylic acid groups (broad SMARTS) is 2. The van der Waals surface area contributed by atoms with E-state index in [1.165, 1.54) is 0 Å². The molecule has 97 valence electrons. The Kier molecular flexibility index (Phi) is 17.8. The van der Waals surface area contributed by atoms with Crippen LogP contribution in [0.5, 0.6) is 0 Å². The van der Waals surface area contributed by atoms with Gasteiger partial charge in [0.15, 0.2) is 0 Å². The maximum Gasteiger partial charge on any atom is 1.00 e. The fourth-order valence-electron chi connectivity index (χ4n) is 0.783. The molecule has 1 rings (SSSR count). The number of aliphatic hydroxyl groups excluding tert-OH is 1. The molecule has 0 aromatic heterocycles. The van der Waals surface area contributed by atoms with Crippen molar-refractivity contribution < 1.29 is 76.9 Å². The molecule has 0 bridgehead atoms. The second kappa shape index (κ2) is 11.6. The van der Waals surface area contributed by atoms with E-state index in [2.05, 4.69) is 6.03 Å². The van der Waals surface area contributed by atoms with Gasteiger partial charge in [0.25, 0.3) is 0 Å². The summed E-state index contributed by atoms with van der Waals surface area (Å²) in [6.07, 6.45) is -4.61. The Bertz CT molecular complexity index is 215. The molecule has 10 nitrogen and oxygen atoms in total. The van der Waals surface area contributed by atoms with E-state index in [4.69, 9.17) is 10.2 Å². The number of carbonyl (C=O) groups is 2. The molecule has 1 fully saturated rings. The summed E-state index contributed by atoms with van der Waals surface area (Å²) in [5, 5.41) is 26.2. The van der Waals surface area contributed by atoms with Crippen LogP contribution in [0, 0.1) is 0 Å². The van der Waals surface area contributed by atoms with Crippen molar-refractivity contribution in [2.24, 2.45) is 0 Å². The Labute approximate surface area is 129 Å². The third-order valence-electron chi connectivity index (χ3n) is 1.42. The van der Waals surface area contributed by atoms with E-state index in [9.17, 15) is 14.7 Å². The Hall–Kier alpha value is 0.518. The Balaban J connectivity index is -0.000000211. The molecule has 1 saturated heterocycles. The average Bonchev–Trinajstić information content (AvgIpc) is 2.03. The molecule has 1 aliphatic rings. The second-order valence-corrected chi connectivity index (χ2v) is 3.92. The van der Waals surface area contributed by atoms with E-state index >= 15 is 0 Å². The summed E-state index contributed by atoms with van der Waals surface area (Å²) in [4.78, 5) is 20.8. The third-order valence-corrected chi connectivity index (χ3v) is 3.21. The van der Waals surface area contributed by atoms with Crippen LogP contribution in [0.15, 0.2) is 0 Å². The zero-order valence-corrected chi connectivity index (χ0v) is 13.2. The van der Waals surface area contributed by atoms with Crippen LogP contribution in [-0.2, 0) is 15.6 Å². The molecular formula is C5H12NaO10Sb+. The van der Waals surface area contributed by atoms with Crippen LogP contribution in [0.1, 0.15) is 0 Å². The fraction of sp³-hybridized carbons (Fsp3) is 0.600. The Morgan fingerprint density at radius 1 is 0.941 bits per heavy atom. The van der Waals surface area contributed by atoms with Crippen molar-refractivity contribution >= 4 is 34.4 Å². The molecule has 2 atom stereocenters. The molecule has 0 spiro atoms. The molecular weight excluding hydrogens is 365 g/mol. The minimum atomic E-state index is -1.72. The van der Waals surface area contributed by atoms with Crippen LogP contribution in [-0.4, -0.2) is 84.5 Å². The minimum Gasteiger partial charge on any atom is 1.00 e. The summed E-state index contributed by atoms with van der Waals surface area (Å²) >= 11 is -1.72. The maximum atomic E-state index is 10.4. The molecule has 0 aromatic carbocycles. The van der Waals surface area contributed by atoms with Crippen LogP contribution in [0.3, 0.4) is 0 Å². The van der Waals surface area contributed by atoms with Gasteiger partial charge in [0.05, 0.1) is 0 Å². The number of aliphatic hydroxyl groups is 1. The topological polar surface area (TPSA) is 208 Å². The van der Waals surface area contributed by atoms with Crippen molar-refractivity contribution in [3.05, 3.63) is 0 Å². The van der Waals surface area contributed by atoms with E-state index in [-0.39, 0.29) is 46.0 Å². The van der Waals surface area contributed by atoms with Gasteiger partial charge < -0.3 is 16.4 Å². The number of aliphatic carboxylic acids is 2. The smallest absolute Gasteiger partial charge is 1.00 e. The molecule has 2 unspecified atom stereocenters. The van der Waals surface area contributed by atoms with E-state index in [0.717, 1.165) is 0 Å². The zero-order valence-electron chi connectivity index (χ0n) is 8.65. The van der Waals surface area contributed by atoms with Crippen LogP contribution in [0.4, 0.5) is 0 Å². The molecule has 0 amide bonds. The molecule has 1 aliphatic heterocycles. The van der Waals surface area contributed by atoms with Gasteiger partial charge in [-0.2, -0.15) is 0 Å². The summed E-state index contributed by atoms with van der Waals surface area (Å²) < 4.78 is 9.29. The fourth-order valence-corrected chi connectivity index (χ4v) is 2.68.